The quantitative estimate of drug-likeness (QED) is 0.870. The molecule has 1 unspecified atom stereocenters. The van der Waals surface area contributed by atoms with Crippen LogP contribution in [0, 0.1) is 11.3 Å². The molecule has 1 spiro atoms. The van der Waals surface area contributed by atoms with Crippen LogP contribution in [0.15, 0.2) is 0 Å². The van der Waals surface area contributed by atoms with E-state index >= 15 is 0 Å². The molecule has 1 aliphatic heterocycles. The third-order valence-electron chi connectivity index (χ3n) is 4.94. The number of hydrogen-bond donors (Lipinski definition) is 1. The summed E-state index contributed by atoms with van der Waals surface area (Å²) in [5.41, 5.74) is -0.394. The van der Waals surface area contributed by atoms with Gasteiger partial charge in [-0.1, -0.05) is 47.5 Å². The molecule has 1 atom stereocenters. The van der Waals surface area contributed by atoms with Crippen LogP contribution in [-0.4, -0.2) is 34.8 Å². The highest BCUT2D eigenvalue weighted by molar-refractivity contribution is 6.00. The summed E-state index contributed by atoms with van der Waals surface area (Å²) in [4.78, 5) is 27.5. The molecule has 0 bridgehead atoms. The fourth-order valence-corrected chi connectivity index (χ4v) is 3.52. The Kier molecular flexibility index (Phi) is 4.36. The lowest BCUT2D eigenvalue weighted by Crippen LogP contribution is -2.70. The molecule has 0 radical (unpaired) electrons. The van der Waals surface area contributed by atoms with Crippen molar-refractivity contribution in [1.82, 2.24) is 10.2 Å². The fraction of sp³-hybridized carbons (Fsp3) is 0.882. The summed E-state index contributed by atoms with van der Waals surface area (Å²) in [6.45, 7) is 11.2. The Morgan fingerprint density at radius 1 is 1.24 bits per heavy atom. The highest BCUT2D eigenvalue weighted by Crippen LogP contribution is 2.39. The zero-order valence-corrected chi connectivity index (χ0v) is 14.2. The molecular weight excluding hydrogens is 264 g/mol. The normalized spacial score (nSPS) is 25.8. The standard InChI is InChI=1S/C17H30N2O2/c1-12(2)13-14(20)19(11-10-16(3,4)5)17(15(21)18-13)8-6-7-9-17/h12-13H,6-11H2,1-5H3,(H,18,21). The van der Waals surface area contributed by atoms with E-state index in [9.17, 15) is 9.59 Å². The lowest BCUT2D eigenvalue weighted by Gasteiger charge is -2.48. The molecule has 2 amide bonds. The zero-order chi connectivity index (χ0) is 15.8. The minimum atomic E-state index is -0.562. The highest BCUT2D eigenvalue weighted by atomic mass is 16.2. The van der Waals surface area contributed by atoms with Crippen LogP contribution in [0.1, 0.15) is 66.7 Å². The van der Waals surface area contributed by atoms with Gasteiger partial charge in [-0.05, 0) is 30.6 Å². The molecule has 0 aromatic heterocycles. The minimum absolute atomic E-state index is 0.0761. The van der Waals surface area contributed by atoms with Gasteiger partial charge in [0.05, 0.1) is 0 Å². The fourth-order valence-electron chi connectivity index (χ4n) is 3.52. The van der Waals surface area contributed by atoms with Crippen molar-refractivity contribution in [3.63, 3.8) is 0 Å². The van der Waals surface area contributed by atoms with E-state index in [1.54, 1.807) is 0 Å². The summed E-state index contributed by atoms with van der Waals surface area (Å²) in [6.07, 6.45) is 4.65. The van der Waals surface area contributed by atoms with Gasteiger partial charge in [-0.15, -0.1) is 0 Å². The van der Waals surface area contributed by atoms with Crippen LogP contribution in [0.5, 0.6) is 0 Å². The van der Waals surface area contributed by atoms with Crippen molar-refractivity contribution in [2.24, 2.45) is 11.3 Å². The van der Waals surface area contributed by atoms with Crippen molar-refractivity contribution in [1.29, 1.82) is 0 Å². The molecule has 1 saturated carbocycles. The summed E-state index contributed by atoms with van der Waals surface area (Å²) in [5.74, 6) is 0.334. The summed E-state index contributed by atoms with van der Waals surface area (Å²) < 4.78 is 0. The van der Waals surface area contributed by atoms with Crippen molar-refractivity contribution < 1.29 is 9.59 Å². The van der Waals surface area contributed by atoms with Gasteiger partial charge >= 0.3 is 0 Å². The van der Waals surface area contributed by atoms with Crippen molar-refractivity contribution >= 4 is 11.8 Å². The molecule has 2 fully saturated rings. The Labute approximate surface area is 128 Å². The molecule has 4 heteroatoms. The summed E-state index contributed by atoms with van der Waals surface area (Å²) in [7, 11) is 0. The Hall–Kier alpha value is -1.06. The van der Waals surface area contributed by atoms with Gasteiger partial charge in [0.25, 0.3) is 0 Å². The maximum atomic E-state index is 12.9. The SMILES string of the molecule is CC(C)C1NC(=O)C2(CCCC2)N(CCC(C)(C)C)C1=O. The first-order chi connectivity index (χ1) is 9.67. The molecule has 1 aliphatic carbocycles. The van der Waals surface area contributed by atoms with E-state index < -0.39 is 5.54 Å². The number of amides is 2. The van der Waals surface area contributed by atoms with E-state index in [-0.39, 0.29) is 29.2 Å². The van der Waals surface area contributed by atoms with Crippen molar-refractivity contribution in [3.8, 4) is 0 Å². The van der Waals surface area contributed by atoms with Crippen molar-refractivity contribution in [2.45, 2.75) is 78.3 Å². The topological polar surface area (TPSA) is 49.4 Å². The van der Waals surface area contributed by atoms with Crippen LogP contribution in [0.25, 0.3) is 0 Å². The first-order valence-electron chi connectivity index (χ1n) is 8.30. The number of carbonyl (C=O) groups is 2. The number of nitrogens with zero attached hydrogens (tertiary/aromatic N) is 1. The van der Waals surface area contributed by atoms with Gasteiger partial charge in [0.15, 0.2) is 0 Å². The average Bonchev–Trinajstić information content (AvgIpc) is 2.82. The van der Waals surface area contributed by atoms with Crippen molar-refractivity contribution in [3.05, 3.63) is 0 Å². The molecule has 0 aromatic carbocycles. The second-order valence-electron chi connectivity index (χ2n) is 8.23. The second kappa shape index (κ2) is 5.62. The average molecular weight is 294 g/mol. The maximum absolute atomic E-state index is 12.9. The first-order valence-corrected chi connectivity index (χ1v) is 8.30. The van der Waals surface area contributed by atoms with E-state index in [0.29, 0.717) is 6.54 Å². The summed E-state index contributed by atoms with van der Waals surface area (Å²) >= 11 is 0. The molecule has 120 valence electrons. The lowest BCUT2D eigenvalue weighted by molar-refractivity contribution is -0.159. The molecule has 1 N–H and O–H groups in total. The Morgan fingerprint density at radius 3 is 2.29 bits per heavy atom. The van der Waals surface area contributed by atoms with E-state index in [0.717, 1.165) is 32.1 Å². The number of carbonyl (C=O) groups excluding carboxylic acids is 2. The third kappa shape index (κ3) is 3.09. The van der Waals surface area contributed by atoms with Crippen LogP contribution in [0.3, 0.4) is 0 Å². The first kappa shape index (κ1) is 16.3. The van der Waals surface area contributed by atoms with Crippen LogP contribution in [-0.2, 0) is 9.59 Å². The van der Waals surface area contributed by atoms with Crippen LogP contribution in [0.4, 0.5) is 0 Å². The Balaban J connectivity index is 2.27. The molecule has 4 nitrogen and oxygen atoms in total. The highest BCUT2D eigenvalue weighted by Gasteiger charge is 2.53. The predicted molar refractivity (Wildman–Crippen MR) is 83.8 cm³/mol. The van der Waals surface area contributed by atoms with Gasteiger partial charge < -0.3 is 10.2 Å². The monoisotopic (exact) mass is 294 g/mol. The number of hydrogen-bond acceptors (Lipinski definition) is 2. The van der Waals surface area contributed by atoms with Crippen LogP contribution < -0.4 is 5.32 Å². The minimum Gasteiger partial charge on any atom is -0.342 e. The molecule has 0 aromatic rings. The van der Waals surface area contributed by atoms with Gasteiger partial charge in [0.2, 0.25) is 11.8 Å². The molecule has 1 heterocycles. The van der Waals surface area contributed by atoms with E-state index in [4.69, 9.17) is 0 Å². The van der Waals surface area contributed by atoms with Gasteiger partial charge in [0.1, 0.15) is 11.6 Å². The van der Waals surface area contributed by atoms with Gasteiger partial charge in [-0.2, -0.15) is 0 Å². The van der Waals surface area contributed by atoms with E-state index in [2.05, 4.69) is 26.1 Å². The van der Waals surface area contributed by atoms with Crippen molar-refractivity contribution in [2.75, 3.05) is 6.54 Å². The van der Waals surface area contributed by atoms with E-state index in [1.165, 1.54) is 0 Å². The molecule has 21 heavy (non-hydrogen) atoms. The maximum Gasteiger partial charge on any atom is 0.246 e. The zero-order valence-electron chi connectivity index (χ0n) is 14.2. The Bertz CT molecular complexity index is 417. The molecule has 1 saturated heterocycles. The van der Waals surface area contributed by atoms with Gasteiger partial charge in [-0.3, -0.25) is 9.59 Å². The predicted octanol–water partition coefficient (Wildman–Crippen LogP) is 2.72. The smallest absolute Gasteiger partial charge is 0.246 e. The molecular formula is C17H30N2O2. The summed E-state index contributed by atoms with van der Waals surface area (Å²) in [6, 6.07) is -0.358. The largest absolute Gasteiger partial charge is 0.342 e. The number of rotatable bonds is 3. The molecule has 2 rings (SSSR count). The second-order valence-corrected chi connectivity index (χ2v) is 8.23. The van der Waals surface area contributed by atoms with Crippen LogP contribution >= 0.6 is 0 Å². The van der Waals surface area contributed by atoms with Gasteiger partial charge in [0, 0.05) is 6.54 Å². The Morgan fingerprint density at radius 2 is 1.81 bits per heavy atom. The lowest BCUT2D eigenvalue weighted by atomic mass is 9.85. The van der Waals surface area contributed by atoms with Crippen LogP contribution in [0.2, 0.25) is 0 Å². The molecule has 2 aliphatic rings. The summed E-state index contributed by atoms with van der Waals surface area (Å²) in [5, 5.41) is 3.00. The third-order valence-corrected chi connectivity index (χ3v) is 4.94. The number of nitrogens with one attached hydrogen (secondary N) is 1. The van der Waals surface area contributed by atoms with E-state index in [1.807, 2.05) is 18.7 Å². The van der Waals surface area contributed by atoms with Gasteiger partial charge in [-0.25, -0.2) is 0 Å². The number of piperazine rings is 1.